The highest BCUT2D eigenvalue weighted by Gasteiger charge is 2.20. The van der Waals surface area contributed by atoms with Crippen molar-refractivity contribution in [2.24, 2.45) is 10.9 Å². The molecule has 0 aliphatic heterocycles. The average Bonchev–Trinajstić information content (AvgIpc) is 3.17. The second-order valence-corrected chi connectivity index (χ2v) is 4.82. The molecule has 0 aromatic rings. The molecule has 1 saturated carbocycles. The van der Waals surface area contributed by atoms with Crippen LogP contribution in [0.1, 0.15) is 46.0 Å². The summed E-state index contributed by atoms with van der Waals surface area (Å²) in [5.41, 5.74) is 0. The highest BCUT2D eigenvalue weighted by Crippen LogP contribution is 2.31. The zero-order valence-corrected chi connectivity index (χ0v) is 14.7. The Balaban J connectivity index is 0.00000324. The normalized spacial score (nSPS) is 14.9. The van der Waals surface area contributed by atoms with Crippen molar-refractivity contribution in [3.63, 3.8) is 0 Å². The number of guanidine groups is 1. The van der Waals surface area contributed by atoms with Crippen molar-refractivity contribution in [3.8, 4) is 0 Å². The highest BCUT2D eigenvalue weighted by atomic mass is 127. The molecule has 0 aromatic heterocycles. The molecule has 1 rings (SSSR count). The molecule has 19 heavy (non-hydrogen) atoms. The minimum atomic E-state index is 0. The molecule has 0 unspecified atom stereocenters. The number of hydrogen-bond acceptors (Lipinski definition) is 2. The van der Waals surface area contributed by atoms with Gasteiger partial charge in [-0.1, -0.05) is 12.8 Å². The SMILES string of the molecule is CCNC(=NCCCCOCC)NCCC1CC1.I. The molecule has 1 fully saturated rings. The Kier molecular flexibility index (Phi) is 12.9. The summed E-state index contributed by atoms with van der Waals surface area (Å²) in [4.78, 5) is 4.57. The maximum absolute atomic E-state index is 5.31. The first kappa shape index (κ1) is 19.0. The van der Waals surface area contributed by atoms with Crippen LogP contribution in [0.2, 0.25) is 0 Å². The summed E-state index contributed by atoms with van der Waals surface area (Å²) in [6.45, 7) is 8.67. The Hall–Kier alpha value is -0.0400. The van der Waals surface area contributed by atoms with Gasteiger partial charge in [0.2, 0.25) is 0 Å². The number of aliphatic imine (C=N–C) groups is 1. The van der Waals surface area contributed by atoms with Crippen molar-refractivity contribution >= 4 is 29.9 Å². The first-order valence-corrected chi connectivity index (χ1v) is 7.46. The predicted molar refractivity (Wildman–Crippen MR) is 92.5 cm³/mol. The summed E-state index contributed by atoms with van der Waals surface area (Å²) in [6, 6.07) is 0. The van der Waals surface area contributed by atoms with Crippen molar-refractivity contribution in [1.82, 2.24) is 10.6 Å². The number of halogens is 1. The summed E-state index contributed by atoms with van der Waals surface area (Å²) in [6.07, 6.45) is 6.33. The second-order valence-electron chi connectivity index (χ2n) is 4.82. The van der Waals surface area contributed by atoms with E-state index in [2.05, 4.69) is 22.5 Å². The van der Waals surface area contributed by atoms with E-state index >= 15 is 0 Å². The molecule has 0 aromatic carbocycles. The molecule has 0 bridgehead atoms. The molecule has 4 nitrogen and oxygen atoms in total. The van der Waals surface area contributed by atoms with Gasteiger partial charge in [0.25, 0.3) is 0 Å². The van der Waals surface area contributed by atoms with Crippen molar-refractivity contribution in [3.05, 3.63) is 0 Å². The Morgan fingerprint density at radius 2 is 2.00 bits per heavy atom. The fourth-order valence-corrected chi connectivity index (χ4v) is 1.79. The molecule has 2 N–H and O–H groups in total. The molecule has 0 saturated heterocycles. The zero-order chi connectivity index (χ0) is 13.1. The zero-order valence-electron chi connectivity index (χ0n) is 12.4. The molecular formula is C14H30IN3O. The van der Waals surface area contributed by atoms with Crippen LogP contribution in [-0.2, 0) is 4.74 Å². The maximum atomic E-state index is 5.31. The maximum Gasteiger partial charge on any atom is 0.191 e. The third-order valence-corrected chi connectivity index (χ3v) is 3.06. The lowest BCUT2D eigenvalue weighted by Gasteiger charge is -2.10. The van der Waals surface area contributed by atoms with Crippen LogP contribution in [0, 0.1) is 5.92 Å². The van der Waals surface area contributed by atoms with E-state index in [0.717, 1.165) is 57.6 Å². The van der Waals surface area contributed by atoms with Crippen LogP contribution in [0.3, 0.4) is 0 Å². The smallest absolute Gasteiger partial charge is 0.191 e. The molecule has 0 amide bonds. The fourth-order valence-electron chi connectivity index (χ4n) is 1.79. The number of nitrogens with zero attached hydrogens (tertiary/aromatic N) is 1. The van der Waals surface area contributed by atoms with Gasteiger partial charge in [-0.2, -0.15) is 0 Å². The lowest BCUT2D eigenvalue weighted by atomic mass is 10.3. The first-order chi connectivity index (χ1) is 8.86. The number of hydrogen-bond donors (Lipinski definition) is 2. The lowest BCUT2D eigenvalue weighted by molar-refractivity contribution is 0.144. The Labute approximate surface area is 135 Å². The Morgan fingerprint density at radius 1 is 1.21 bits per heavy atom. The van der Waals surface area contributed by atoms with Crippen molar-refractivity contribution in [1.29, 1.82) is 0 Å². The summed E-state index contributed by atoms with van der Waals surface area (Å²) in [7, 11) is 0. The molecule has 1 aliphatic carbocycles. The van der Waals surface area contributed by atoms with Crippen molar-refractivity contribution < 1.29 is 4.74 Å². The topological polar surface area (TPSA) is 45.7 Å². The van der Waals surface area contributed by atoms with Gasteiger partial charge in [-0.3, -0.25) is 4.99 Å². The number of rotatable bonds is 10. The number of ether oxygens (including phenoxy) is 1. The standard InChI is InChI=1S/C14H29N3O.HI/c1-3-15-14(17-11-9-13-7-8-13)16-10-5-6-12-18-4-2;/h13H,3-12H2,1-2H3,(H2,15,16,17);1H. The highest BCUT2D eigenvalue weighted by molar-refractivity contribution is 14.0. The average molecular weight is 383 g/mol. The van der Waals surface area contributed by atoms with E-state index in [4.69, 9.17) is 4.74 Å². The minimum absolute atomic E-state index is 0. The monoisotopic (exact) mass is 383 g/mol. The summed E-state index contributed by atoms with van der Waals surface area (Å²) < 4.78 is 5.31. The van der Waals surface area contributed by atoms with E-state index in [1.54, 1.807) is 0 Å². The van der Waals surface area contributed by atoms with E-state index in [0.29, 0.717) is 0 Å². The van der Waals surface area contributed by atoms with Crippen LogP contribution in [0.5, 0.6) is 0 Å². The van der Waals surface area contributed by atoms with Gasteiger partial charge in [-0.15, -0.1) is 24.0 Å². The van der Waals surface area contributed by atoms with Crippen LogP contribution in [0.15, 0.2) is 4.99 Å². The van der Waals surface area contributed by atoms with Gasteiger partial charge >= 0.3 is 0 Å². The van der Waals surface area contributed by atoms with Crippen LogP contribution < -0.4 is 10.6 Å². The van der Waals surface area contributed by atoms with Gasteiger partial charge in [0.05, 0.1) is 0 Å². The van der Waals surface area contributed by atoms with Crippen molar-refractivity contribution in [2.75, 3.05) is 32.8 Å². The fraction of sp³-hybridized carbons (Fsp3) is 0.929. The van der Waals surface area contributed by atoms with E-state index < -0.39 is 0 Å². The van der Waals surface area contributed by atoms with Crippen molar-refractivity contribution in [2.45, 2.75) is 46.0 Å². The molecule has 0 atom stereocenters. The lowest BCUT2D eigenvalue weighted by Crippen LogP contribution is -2.38. The van der Waals surface area contributed by atoms with Gasteiger partial charge in [0.1, 0.15) is 0 Å². The largest absolute Gasteiger partial charge is 0.382 e. The number of unbranched alkanes of at least 4 members (excludes halogenated alkanes) is 1. The Morgan fingerprint density at radius 3 is 2.63 bits per heavy atom. The Bertz CT molecular complexity index is 233. The molecule has 114 valence electrons. The van der Waals surface area contributed by atoms with E-state index in [-0.39, 0.29) is 24.0 Å². The minimum Gasteiger partial charge on any atom is -0.382 e. The van der Waals surface area contributed by atoms with Crippen LogP contribution in [-0.4, -0.2) is 38.8 Å². The number of nitrogens with one attached hydrogen (secondary N) is 2. The van der Waals surface area contributed by atoms with E-state index in [9.17, 15) is 0 Å². The summed E-state index contributed by atoms with van der Waals surface area (Å²) >= 11 is 0. The molecule has 1 aliphatic rings. The van der Waals surface area contributed by atoms with Crippen LogP contribution in [0.4, 0.5) is 0 Å². The van der Waals surface area contributed by atoms with Gasteiger partial charge in [-0.05, 0) is 39.0 Å². The molecular weight excluding hydrogens is 353 g/mol. The summed E-state index contributed by atoms with van der Waals surface area (Å²) in [5.74, 6) is 1.95. The van der Waals surface area contributed by atoms with Crippen LogP contribution in [0.25, 0.3) is 0 Å². The van der Waals surface area contributed by atoms with E-state index in [1.807, 2.05) is 6.92 Å². The van der Waals surface area contributed by atoms with E-state index in [1.165, 1.54) is 19.3 Å². The third kappa shape index (κ3) is 11.5. The quantitative estimate of drug-likeness (QED) is 0.264. The van der Waals surface area contributed by atoms with Crippen LogP contribution >= 0.6 is 24.0 Å². The van der Waals surface area contributed by atoms with Gasteiger partial charge < -0.3 is 15.4 Å². The molecule has 0 heterocycles. The molecule has 0 spiro atoms. The second kappa shape index (κ2) is 13.0. The predicted octanol–water partition coefficient (Wildman–Crippen LogP) is 2.78. The third-order valence-electron chi connectivity index (χ3n) is 3.06. The van der Waals surface area contributed by atoms with Gasteiger partial charge in [0, 0.05) is 32.8 Å². The van der Waals surface area contributed by atoms with Gasteiger partial charge in [-0.25, -0.2) is 0 Å². The molecule has 5 heteroatoms. The summed E-state index contributed by atoms with van der Waals surface area (Å²) in [5, 5.41) is 6.69. The molecule has 0 radical (unpaired) electrons. The first-order valence-electron chi connectivity index (χ1n) is 7.46. The van der Waals surface area contributed by atoms with Gasteiger partial charge in [0.15, 0.2) is 5.96 Å².